The third-order valence-electron chi connectivity index (χ3n) is 3.49. The van der Waals surface area contributed by atoms with Crippen LogP contribution in [0.4, 0.5) is 5.82 Å². The molecule has 1 N–H and O–H groups in total. The SMILES string of the molecule is CCCCS[C@H](C)C(=O)Nc1ccn(CCCn2ccnc2)n1. The monoisotopic (exact) mass is 335 g/mol. The van der Waals surface area contributed by atoms with Crippen LogP contribution in [0.5, 0.6) is 0 Å². The van der Waals surface area contributed by atoms with Crippen molar-refractivity contribution < 1.29 is 4.79 Å². The van der Waals surface area contributed by atoms with E-state index in [9.17, 15) is 4.79 Å². The number of carbonyl (C=O) groups is 1. The summed E-state index contributed by atoms with van der Waals surface area (Å²) in [6.45, 7) is 5.82. The number of nitrogens with zero attached hydrogens (tertiary/aromatic N) is 4. The Balaban J connectivity index is 1.72. The summed E-state index contributed by atoms with van der Waals surface area (Å²) in [7, 11) is 0. The number of thioether (sulfide) groups is 1. The molecule has 1 amide bonds. The molecule has 0 bridgehead atoms. The van der Waals surface area contributed by atoms with Crippen molar-refractivity contribution >= 4 is 23.5 Å². The van der Waals surface area contributed by atoms with Crippen LogP contribution in [0.25, 0.3) is 0 Å². The second-order valence-corrected chi connectivity index (χ2v) is 6.92. The minimum absolute atomic E-state index is 0.0229. The van der Waals surface area contributed by atoms with Crippen LogP contribution >= 0.6 is 11.8 Å². The van der Waals surface area contributed by atoms with Crippen molar-refractivity contribution in [2.24, 2.45) is 0 Å². The molecule has 1 atom stereocenters. The van der Waals surface area contributed by atoms with Gasteiger partial charge in [0.15, 0.2) is 5.82 Å². The molecule has 0 saturated carbocycles. The molecule has 6 nitrogen and oxygen atoms in total. The first-order valence-corrected chi connectivity index (χ1v) is 9.15. The standard InChI is InChI=1S/C16H25N5OS/c1-3-4-12-23-14(2)16(22)18-15-6-10-21(19-15)9-5-8-20-11-7-17-13-20/h6-7,10-11,13-14H,3-5,8-9,12H2,1-2H3,(H,18,19,22)/t14-/m1/s1. The van der Waals surface area contributed by atoms with E-state index < -0.39 is 0 Å². The molecule has 2 rings (SSSR count). The van der Waals surface area contributed by atoms with Gasteiger partial charge in [-0.1, -0.05) is 13.3 Å². The fraction of sp³-hybridized carbons (Fsp3) is 0.562. The zero-order valence-corrected chi connectivity index (χ0v) is 14.6. The average Bonchev–Trinajstić information content (AvgIpc) is 3.19. The third kappa shape index (κ3) is 6.09. The first-order valence-electron chi connectivity index (χ1n) is 8.10. The predicted octanol–water partition coefficient (Wildman–Crippen LogP) is 3.03. The number of anilines is 1. The van der Waals surface area contributed by atoms with Crippen LogP contribution in [-0.2, 0) is 17.9 Å². The number of nitrogens with one attached hydrogen (secondary N) is 1. The Morgan fingerprint density at radius 1 is 1.35 bits per heavy atom. The number of amides is 1. The number of hydrogen-bond donors (Lipinski definition) is 1. The Labute approximate surface area is 141 Å². The normalized spacial score (nSPS) is 12.3. The van der Waals surface area contributed by atoms with Gasteiger partial charge < -0.3 is 9.88 Å². The van der Waals surface area contributed by atoms with Crippen molar-refractivity contribution in [3.05, 3.63) is 31.0 Å². The number of hydrogen-bond acceptors (Lipinski definition) is 4. The summed E-state index contributed by atoms with van der Waals surface area (Å²) in [6, 6.07) is 1.85. The summed E-state index contributed by atoms with van der Waals surface area (Å²) in [4.78, 5) is 16.1. The molecule has 0 unspecified atom stereocenters. The summed E-state index contributed by atoms with van der Waals surface area (Å²) < 4.78 is 3.91. The highest BCUT2D eigenvalue weighted by molar-refractivity contribution is 8.00. The van der Waals surface area contributed by atoms with Gasteiger partial charge in [-0.05, 0) is 25.5 Å². The first-order chi connectivity index (χ1) is 11.2. The highest BCUT2D eigenvalue weighted by Gasteiger charge is 2.14. The van der Waals surface area contributed by atoms with E-state index in [2.05, 4.69) is 22.3 Å². The van der Waals surface area contributed by atoms with Crippen LogP contribution in [0.1, 0.15) is 33.1 Å². The molecule has 0 aromatic carbocycles. The number of aromatic nitrogens is 4. The fourth-order valence-electron chi connectivity index (χ4n) is 2.10. The lowest BCUT2D eigenvalue weighted by Gasteiger charge is -2.10. The van der Waals surface area contributed by atoms with Gasteiger partial charge in [-0.25, -0.2) is 4.98 Å². The van der Waals surface area contributed by atoms with E-state index in [4.69, 9.17) is 0 Å². The lowest BCUT2D eigenvalue weighted by Crippen LogP contribution is -2.23. The van der Waals surface area contributed by atoms with E-state index in [-0.39, 0.29) is 11.2 Å². The van der Waals surface area contributed by atoms with Crippen LogP contribution in [0.3, 0.4) is 0 Å². The van der Waals surface area contributed by atoms with E-state index in [0.717, 1.165) is 38.1 Å². The van der Waals surface area contributed by atoms with Crippen LogP contribution in [0.15, 0.2) is 31.0 Å². The molecular formula is C16H25N5OS. The van der Waals surface area contributed by atoms with Gasteiger partial charge in [0, 0.05) is 37.7 Å². The summed E-state index contributed by atoms with van der Waals surface area (Å²) >= 11 is 1.69. The Hall–Kier alpha value is -1.76. The van der Waals surface area contributed by atoms with Gasteiger partial charge in [0.25, 0.3) is 0 Å². The summed E-state index contributed by atoms with van der Waals surface area (Å²) in [5.74, 6) is 1.67. The minimum atomic E-state index is -0.0482. The van der Waals surface area contributed by atoms with Gasteiger partial charge >= 0.3 is 0 Å². The lowest BCUT2D eigenvalue weighted by molar-refractivity contribution is -0.115. The Bertz CT molecular complexity index is 581. The van der Waals surface area contributed by atoms with Crippen LogP contribution in [0, 0.1) is 0 Å². The molecule has 0 radical (unpaired) electrons. The second kappa shape index (κ2) is 9.39. The number of carbonyl (C=O) groups excluding carboxylic acids is 1. The predicted molar refractivity (Wildman–Crippen MR) is 94.5 cm³/mol. The third-order valence-corrected chi connectivity index (χ3v) is 4.73. The van der Waals surface area contributed by atoms with E-state index in [1.54, 1.807) is 18.0 Å². The topological polar surface area (TPSA) is 64.7 Å². The van der Waals surface area contributed by atoms with Crippen molar-refractivity contribution in [1.29, 1.82) is 0 Å². The maximum atomic E-state index is 12.1. The molecule has 2 heterocycles. The van der Waals surface area contributed by atoms with E-state index in [1.165, 1.54) is 0 Å². The van der Waals surface area contributed by atoms with Crippen molar-refractivity contribution in [1.82, 2.24) is 19.3 Å². The molecule has 0 fully saturated rings. The van der Waals surface area contributed by atoms with E-state index >= 15 is 0 Å². The van der Waals surface area contributed by atoms with Gasteiger partial charge in [-0.2, -0.15) is 5.10 Å². The Morgan fingerprint density at radius 3 is 2.96 bits per heavy atom. The van der Waals surface area contributed by atoms with Crippen LogP contribution in [0.2, 0.25) is 0 Å². The van der Waals surface area contributed by atoms with Gasteiger partial charge in [0.2, 0.25) is 5.91 Å². The zero-order valence-electron chi connectivity index (χ0n) is 13.8. The van der Waals surface area contributed by atoms with E-state index in [0.29, 0.717) is 5.82 Å². The Morgan fingerprint density at radius 2 is 2.22 bits per heavy atom. The molecule has 0 spiro atoms. The van der Waals surface area contributed by atoms with Crippen molar-refractivity contribution in [2.45, 2.75) is 51.4 Å². The largest absolute Gasteiger partial charge is 0.337 e. The molecule has 0 aliphatic carbocycles. The zero-order chi connectivity index (χ0) is 16.5. The smallest absolute Gasteiger partial charge is 0.238 e. The van der Waals surface area contributed by atoms with Gasteiger partial charge in [-0.15, -0.1) is 11.8 Å². The maximum absolute atomic E-state index is 12.1. The maximum Gasteiger partial charge on any atom is 0.238 e. The number of aryl methyl sites for hydroxylation is 2. The summed E-state index contributed by atoms with van der Waals surface area (Å²) in [5.41, 5.74) is 0. The van der Waals surface area contributed by atoms with Crippen molar-refractivity contribution in [3.63, 3.8) is 0 Å². The molecule has 23 heavy (non-hydrogen) atoms. The molecule has 2 aromatic rings. The lowest BCUT2D eigenvalue weighted by atomic mass is 10.4. The number of rotatable bonds is 10. The quantitative estimate of drug-likeness (QED) is 0.678. The first kappa shape index (κ1) is 17.6. The Kier molecular flexibility index (Phi) is 7.19. The molecule has 7 heteroatoms. The molecule has 0 aliphatic heterocycles. The molecular weight excluding hydrogens is 310 g/mol. The molecule has 0 aliphatic rings. The van der Waals surface area contributed by atoms with Gasteiger partial charge in [0.05, 0.1) is 11.6 Å². The van der Waals surface area contributed by atoms with Crippen LogP contribution in [-0.4, -0.2) is 36.2 Å². The number of unbranched alkanes of at least 4 members (excludes halogenated alkanes) is 1. The summed E-state index contributed by atoms with van der Waals surface area (Å²) in [6.07, 6.45) is 10.7. The second-order valence-electron chi connectivity index (χ2n) is 5.47. The molecule has 0 saturated heterocycles. The minimum Gasteiger partial charge on any atom is -0.337 e. The van der Waals surface area contributed by atoms with Crippen molar-refractivity contribution in [2.75, 3.05) is 11.1 Å². The van der Waals surface area contributed by atoms with Crippen LogP contribution < -0.4 is 5.32 Å². The highest BCUT2D eigenvalue weighted by Crippen LogP contribution is 2.15. The van der Waals surface area contributed by atoms with Gasteiger partial charge in [0.1, 0.15) is 0 Å². The summed E-state index contributed by atoms with van der Waals surface area (Å²) in [5, 5.41) is 7.24. The number of imidazole rings is 1. The highest BCUT2D eigenvalue weighted by atomic mass is 32.2. The van der Waals surface area contributed by atoms with Gasteiger partial charge in [-0.3, -0.25) is 9.48 Å². The fourth-order valence-corrected chi connectivity index (χ4v) is 3.11. The average molecular weight is 335 g/mol. The van der Waals surface area contributed by atoms with E-state index in [1.807, 2.05) is 41.0 Å². The molecule has 126 valence electrons. The van der Waals surface area contributed by atoms with Crippen molar-refractivity contribution in [3.8, 4) is 0 Å². The molecule has 2 aromatic heterocycles.